The van der Waals surface area contributed by atoms with Crippen molar-refractivity contribution in [2.45, 2.75) is 24.7 Å². The SMILES string of the molecule is C1COC2C(N1)[C@H]1OCC[C@@H]21. The monoisotopic (exact) mass is 155 g/mol. The minimum absolute atomic E-state index is 0.469. The van der Waals surface area contributed by atoms with Crippen LogP contribution >= 0.6 is 0 Å². The Balaban J connectivity index is 1.77. The van der Waals surface area contributed by atoms with Crippen molar-refractivity contribution < 1.29 is 9.47 Å². The van der Waals surface area contributed by atoms with E-state index in [2.05, 4.69) is 5.32 Å². The Morgan fingerprint density at radius 3 is 2.82 bits per heavy atom. The van der Waals surface area contributed by atoms with Gasteiger partial charge < -0.3 is 14.8 Å². The van der Waals surface area contributed by atoms with Gasteiger partial charge in [-0.3, -0.25) is 0 Å². The molecule has 2 aliphatic heterocycles. The molecule has 11 heavy (non-hydrogen) atoms. The van der Waals surface area contributed by atoms with E-state index in [9.17, 15) is 0 Å². The van der Waals surface area contributed by atoms with E-state index < -0.39 is 0 Å². The first kappa shape index (κ1) is 6.40. The standard InChI is InChI=1S/C8H13NO2/c1-3-10-7-5(1)8-6(7)9-2-4-11-8/h5-9H,1-4H2/t5-,6?,7+,8?/m1/s1. The zero-order valence-electron chi connectivity index (χ0n) is 6.45. The van der Waals surface area contributed by atoms with E-state index in [0.717, 1.165) is 19.8 Å². The molecule has 0 amide bonds. The average molecular weight is 155 g/mol. The van der Waals surface area contributed by atoms with E-state index in [1.165, 1.54) is 6.42 Å². The van der Waals surface area contributed by atoms with E-state index in [0.29, 0.717) is 24.2 Å². The summed E-state index contributed by atoms with van der Waals surface area (Å²) in [4.78, 5) is 0. The minimum Gasteiger partial charge on any atom is -0.376 e. The Bertz CT molecular complexity index is 155. The molecule has 2 unspecified atom stereocenters. The smallest absolute Gasteiger partial charge is 0.0808 e. The fourth-order valence-electron chi connectivity index (χ4n) is 2.54. The zero-order chi connectivity index (χ0) is 7.26. The number of hydrogen-bond acceptors (Lipinski definition) is 3. The van der Waals surface area contributed by atoms with Gasteiger partial charge in [0.15, 0.2) is 0 Å². The van der Waals surface area contributed by atoms with E-state index in [1.807, 2.05) is 0 Å². The molecule has 3 heteroatoms. The predicted octanol–water partition coefficient (Wildman–Crippen LogP) is -0.238. The molecule has 0 aromatic heterocycles. The summed E-state index contributed by atoms with van der Waals surface area (Å²) in [5.74, 6) is 0.702. The average Bonchev–Trinajstić information content (AvgIpc) is 2.44. The molecule has 3 rings (SSSR count). The summed E-state index contributed by atoms with van der Waals surface area (Å²) in [5.41, 5.74) is 0. The van der Waals surface area contributed by atoms with Gasteiger partial charge in [-0.15, -0.1) is 0 Å². The molecular weight excluding hydrogens is 142 g/mol. The fraction of sp³-hybridized carbons (Fsp3) is 1.00. The lowest BCUT2D eigenvalue weighted by molar-refractivity contribution is -0.155. The quantitative estimate of drug-likeness (QED) is 0.524. The normalized spacial score (nSPS) is 54.5. The summed E-state index contributed by atoms with van der Waals surface area (Å²) >= 11 is 0. The summed E-state index contributed by atoms with van der Waals surface area (Å²) in [6, 6.07) is 0.510. The third-order valence-electron chi connectivity index (χ3n) is 3.11. The van der Waals surface area contributed by atoms with Gasteiger partial charge in [-0.25, -0.2) is 0 Å². The molecule has 0 aromatic carbocycles. The van der Waals surface area contributed by atoms with Crippen LogP contribution in [0.5, 0.6) is 0 Å². The second-order valence-electron chi connectivity index (χ2n) is 3.60. The molecule has 3 nitrogen and oxygen atoms in total. The fourth-order valence-corrected chi connectivity index (χ4v) is 2.54. The minimum atomic E-state index is 0.469. The number of hydrogen-bond donors (Lipinski definition) is 1. The Labute approximate surface area is 66.1 Å². The van der Waals surface area contributed by atoms with Gasteiger partial charge in [0, 0.05) is 19.1 Å². The molecule has 4 atom stereocenters. The summed E-state index contributed by atoms with van der Waals surface area (Å²) in [6.45, 7) is 2.81. The summed E-state index contributed by atoms with van der Waals surface area (Å²) < 4.78 is 11.2. The highest BCUT2D eigenvalue weighted by atomic mass is 16.5. The van der Waals surface area contributed by atoms with E-state index in [-0.39, 0.29) is 0 Å². The van der Waals surface area contributed by atoms with Crippen molar-refractivity contribution in [1.82, 2.24) is 5.32 Å². The van der Waals surface area contributed by atoms with Crippen molar-refractivity contribution in [2.24, 2.45) is 5.92 Å². The lowest BCUT2D eigenvalue weighted by Gasteiger charge is -2.50. The first-order chi connectivity index (χ1) is 5.47. The maximum Gasteiger partial charge on any atom is 0.0808 e. The lowest BCUT2D eigenvalue weighted by Crippen LogP contribution is -2.68. The molecule has 0 spiro atoms. The zero-order valence-corrected chi connectivity index (χ0v) is 6.45. The topological polar surface area (TPSA) is 30.5 Å². The largest absolute Gasteiger partial charge is 0.376 e. The van der Waals surface area contributed by atoms with Gasteiger partial charge in [-0.2, -0.15) is 0 Å². The molecule has 62 valence electrons. The molecule has 3 aliphatic rings. The van der Waals surface area contributed by atoms with Gasteiger partial charge in [-0.05, 0) is 6.42 Å². The van der Waals surface area contributed by atoms with Crippen LogP contribution in [0, 0.1) is 5.92 Å². The maximum absolute atomic E-state index is 5.65. The molecule has 0 aromatic rings. The number of ether oxygens (including phenoxy) is 2. The molecule has 3 fully saturated rings. The van der Waals surface area contributed by atoms with Crippen LogP contribution in [0.1, 0.15) is 6.42 Å². The third kappa shape index (κ3) is 0.736. The third-order valence-corrected chi connectivity index (χ3v) is 3.11. The highest BCUT2D eigenvalue weighted by molar-refractivity contribution is 5.08. The molecule has 2 heterocycles. The molecule has 1 N–H and O–H groups in total. The molecule has 1 saturated carbocycles. The van der Waals surface area contributed by atoms with Crippen LogP contribution in [0.2, 0.25) is 0 Å². The van der Waals surface area contributed by atoms with Crippen molar-refractivity contribution >= 4 is 0 Å². The van der Waals surface area contributed by atoms with Crippen LogP contribution in [0.15, 0.2) is 0 Å². The first-order valence-electron chi connectivity index (χ1n) is 4.43. The highest BCUT2D eigenvalue weighted by Gasteiger charge is 2.55. The van der Waals surface area contributed by atoms with Crippen molar-refractivity contribution in [3.05, 3.63) is 0 Å². The molecular formula is C8H13NO2. The molecule has 0 bridgehead atoms. The van der Waals surface area contributed by atoms with Crippen LogP contribution in [0.3, 0.4) is 0 Å². The Hall–Kier alpha value is -0.120. The van der Waals surface area contributed by atoms with Gasteiger partial charge in [0.25, 0.3) is 0 Å². The number of fused-ring (bicyclic) bond motifs is 4. The van der Waals surface area contributed by atoms with Gasteiger partial charge in [0.2, 0.25) is 0 Å². The molecule has 2 saturated heterocycles. The van der Waals surface area contributed by atoms with E-state index >= 15 is 0 Å². The van der Waals surface area contributed by atoms with Crippen LogP contribution in [-0.2, 0) is 9.47 Å². The molecule has 0 radical (unpaired) electrons. The summed E-state index contributed by atoms with van der Waals surface area (Å²) in [6.07, 6.45) is 2.14. The highest BCUT2D eigenvalue weighted by Crippen LogP contribution is 2.41. The second kappa shape index (κ2) is 2.19. The van der Waals surface area contributed by atoms with Crippen LogP contribution in [0.4, 0.5) is 0 Å². The van der Waals surface area contributed by atoms with Crippen molar-refractivity contribution in [3.63, 3.8) is 0 Å². The Morgan fingerprint density at radius 1 is 1.09 bits per heavy atom. The van der Waals surface area contributed by atoms with Crippen LogP contribution < -0.4 is 5.32 Å². The van der Waals surface area contributed by atoms with Crippen molar-refractivity contribution in [1.29, 1.82) is 0 Å². The predicted molar refractivity (Wildman–Crippen MR) is 39.4 cm³/mol. The van der Waals surface area contributed by atoms with E-state index in [1.54, 1.807) is 0 Å². The maximum atomic E-state index is 5.65. The number of nitrogens with one attached hydrogen (secondary N) is 1. The Kier molecular flexibility index (Phi) is 1.27. The second-order valence-corrected chi connectivity index (χ2v) is 3.60. The number of rotatable bonds is 0. The van der Waals surface area contributed by atoms with Crippen LogP contribution in [-0.4, -0.2) is 38.0 Å². The van der Waals surface area contributed by atoms with Gasteiger partial charge >= 0.3 is 0 Å². The first-order valence-corrected chi connectivity index (χ1v) is 4.43. The summed E-state index contributed by atoms with van der Waals surface area (Å²) in [7, 11) is 0. The Morgan fingerprint density at radius 2 is 1.91 bits per heavy atom. The van der Waals surface area contributed by atoms with Gasteiger partial charge in [-0.1, -0.05) is 0 Å². The number of morpholine rings is 1. The van der Waals surface area contributed by atoms with Gasteiger partial charge in [0.1, 0.15) is 0 Å². The molecule has 1 aliphatic carbocycles. The van der Waals surface area contributed by atoms with Crippen molar-refractivity contribution in [3.8, 4) is 0 Å². The van der Waals surface area contributed by atoms with E-state index in [4.69, 9.17) is 9.47 Å². The van der Waals surface area contributed by atoms with Crippen LogP contribution in [0.25, 0.3) is 0 Å². The lowest BCUT2D eigenvalue weighted by atomic mass is 9.73. The summed E-state index contributed by atoms with van der Waals surface area (Å²) in [5, 5.41) is 3.44. The van der Waals surface area contributed by atoms with Gasteiger partial charge in [0.05, 0.1) is 24.9 Å². The van der Waals surface area contributed by atoms with Crippen molar-refractivity contribution in [2.75, 3.05) is 19.8 Å².